The number of aryl methyl sites for hydroxylation is 1. The summed E-state index contributed by atoms with van der Waals surface area (Å²) in [7, 11) is 0. The molecule has 0 bridgehead atoms. The standard InChI is InChI=1S/C28H39N3O3S/c1-15(2)30-26-21-7-6-20-19(18(21)8-9-22(26)32)11-12-28(4)23(33)13-17(25(20)28)5-10-24(34)31-27-29-14-16(3)35-27/h8-9,14-15,17,19-20,23,25,30,32-33H,5-7,10-13H2,1-4H3,(H,29,31,34). The quantitative estimate of drug-likeness (QED) is 0.376. The molecule has 190 valence electrons. The van der Waals surface area contributed by atoms with Gasteiger partial charge < -0.3 is 20.8 Å². The van der Waals surface area contributed by atoms with Crippen LogP contribution < -0.4 is 10.6 Å². The lowest BCUT2D eigenvalue weighted by Gasteiger charge is -2.51. The fourth-order valence-electron chi connectivity index (χ4n) is 7.57. The summed E-state index contributed by atoms with van der Waals surface area (Å²) >= 11 is 1.50. The van der Waals surface area contributed by atoms with Gasteiger partial charge in [0.05, 0.1) is 11.8 Å². The summed E-state index contributed by atoms with van der Waals surface area (Å²) < 4.78 is 0. The molecule has 7 heteroatoms. The van der Waals surface area contributed by atoms with E-state index >= 15 is 0 Å². The Kier molecular flexibility index (Phi) is 6.60. The van der Waals surface area contributed by atoms with Gasteiger partial charge in [0, 0.05) is 23.5 Å². The van der Waals surface area contributed by atoms with Crippen molar-refractivity contribution < 1.29 is 15.0 Å². The normalized spacial score (nSPS) is 31.5. The lowest BCUT2D eigenvalue weighted by molar-refractivity contribution is -0.116. The summed E-state index contributed by atoms with van der Waals surface area (Å²) in [4.78, 5) is 18.0. The third-order valence-electron chi connectivity index (χ3n) is 9.03. The minimum absolute atomic E-state index is 0.0173. The molecule has 4 N–H and O–H groups in total. The number of hydrogen-bond acceptors (Lipinski definition) is 6. The number of aromatic hydroxyl groups is 1. The second kappa shape index (κ2) is 9.40. The van der Waals surface area contributed by atoms with Gasteiger partial charge in [0.2, 0.25) is 5.91 Å². The van der Waals surface area contributed by atoms with Gasteiger partial charge in [0.25, 0.3) is 0 Å². The number of aliphatic hydroxyl groups excluding tert-OH is 1. The van der Waals surface area contributed by atoms with Gasteiger partial charge in [0.15, 0.2) is 5.13 Å². The number of nitrogens with zero attached hydrogens (tertiary/aromatic N) is 1. The van der Waals surface area contributed by atoms with Gasteiger partial charge in [-0.05, 0) is 106 Å². The van der Waals surface area contributed by atoms with E-state index in [9.17, 15) is 15.0 Å². The molecule has 3 aliphatic rings. The molecular formula is C28H39N3O3S. The van der Waals surface area contributed by atoms with E-state index in [1.165, 1.54) is 22.5 Å². The summed E-state index contributed by atoms with van der Waals surface area (Å²) in [6.45, 7) is 8.48. The number of carbonyl (C=O) groups is 1. The molecule has 0 spiro atoms. The minimum Gasteiger partial charge on any atom is -0.506 e. The van der Waals surface area contributed by atoms with E-state index in [0.717, 1.165) is 49.1 Å². The Morgan fingerprint density at radius 1 is 1.31 bits per heavy atom. The first kappa shape index (κ1) is 24.6. The van der Waals surface area contributed by atoms with E-state index in [2.05, 4.69) is 42.5 Å². The zero-order valence-corrected chi connectivity index (χ0v) is 22.1. The predicted octanol–water partition coefficient (Wildman–Crippen LogP) is 5.84. The van der Waals surface area contributed by atoms with Crippen molar-refractivity contribution in [2.45, 2.75) is 90.7 Å². The summed E-state index contributed by atoms with van der Waals surface area (Å²) in [6.07, 6.45) is 7.63. The van der Waals surface area contributed by atoms with Crippen LogP contribution in [0.5, 0.6) is 5.75 Å². The van der Waals surface area contributed by atoms with E-state index < -0.39 is 0 Å². The third-order valence-corrected chi connectivity index (χ3v) is 9.85. The molecule has 1 aromatic heterocycles. The third kappa shape index (κ3) is 4.46. The van der Waals surface area contributed by atoms with Gasteiger partial charge in [-0.15, -0.1) is 11.3 Å². The van der Waals surface area contributed by atoms with Crippen LogP contribution in [0.4, 0.5) is 10.8 Å². The van der Waals surface area contributed by atoms with E-state index in [1.807, 2.05) is 13.0 Å². The van der Waals surface area contributed by atoms with Crippen LogP contribution in [0.1, 0.15) is 81.2 Å². The van der Waals surface area contributed by atoms with E-state index in [-0.39, 0.29) is 23.5 Å². The molecule has 1 amide bonds. The maximum atomic E-state index is 12.7. The molecule has 0 saturated heterocycles. The number of benzene rings is 1. The van der Waals surface area contributed by atoms with Crippen molar-refractivity contribution in [2.75, 3.05) is 10.6 Å². The predicted molar refractivity (Wildman–Crippen MR) is 141 cm³/mol. The van der Waals surface area contributed by atoms with Crippen LogP contribution in [0, 0.1) is 30.1 Å². The highest BCUT2D eigenvalue weighted by atomic mass is 32.1. The topological polar surface area (TPSA) is 94.5 Å². The number of carbonyl (C=O) groups excluding carboxylic acids is 1. The van der Waals surface area contributed by atoms with Crippen LogP contribution in [0.15, 0.2) is 18.3 Å². The van der Waals surface area contributed by atoms with Crippen LogP contribution in [0.2, 0.25) is 0 Å². The number of aromatic nitrogens is 1. The highest BCUT2D eigenvalue weighted by Crippen LogP contribution is 2.64. The van der Waals surface area contributed by atoms with Gasteiger partial charge in [-0.2, -0.15) is 0 Å². The number of nitrogens with one attached hydrogen (secondary N) is 2. The molecule has 3 aliphatic carbocycles. The number of thiazole rings is 1. The van der Waals surface area contributed by atoms with Crippen molar-refractivity contribution in [3.05, 3.63) is 34.3 Å². The summed E-state index contributed by atoms with van der Waals surface area (Å²) in [6, 6.07) is 4.25. The Morgan fingerprint density at radius 2 is 2.11 bits per heavy atom. The summed E-state index contributed by atoms with van der Waals surface area (Å²) in [5.74, 6) is 2.07. The van der Waals surface area contributed by atoms with Crippen LogP contribution in [0.3, 0.4) is 0 Å². The largest absolute Gasteiger partial charge is 0.506 e. The molecule has 1 heterocycles. The molecule has 35 heavy (non-hydrogen) atoms. The molecule has 6 unspecified atom stereocenters. The Labute approximate surface area is 212 Å². The van der Waals surface area contributed by atoms with Gasteiger partial charge in [-0.25, -0.2) is 4.98 Å². The van der Waals surface area contributed by atoms with Crippen molar-refractivity contribution in [3.8, 4) is 5.75 Å². The summed E-state index contributed by atoms with van der Waals surface area (Å²) in [5.41, 5.74) is 3.47. The van der Waals surface area contributed by atoms with E-state index in [4.69, 9.17) is 0 Å². The first-order valence-corrected chi connectivity index (χ1v) is 14.0. The Morgan fingerprint density at radius 3 is 2.83 bits per heavy atom. The van der Waals surface area contributed by atoms with Crippen LogP contribution in [-0.4, -0.2) is 33.3 Å². The van der Waals surface area contributed by atoms with Crippen molar-refractivity contribution >= 4 is 28.1 Å². The lowest BCUT2D eigenvalue weighted by Crippen LogP contribution is -2.45. The monoisotopic (exact) mass is 497 g/mol. The van der Waals surface area contributed by atoms with Crippen molar-refractivity contribution in [2.24, 2.45) is 23.2 Å². The molecular weight excluding hydrogens is 458 g/mol. The average Bonchev–Trinajstić information content (AvgIpc) is 3.33. The van der Waals surface area contributed by atoms with Gasteiger partial charge in [0.1, 0.15) is 5.75 Å². The number of fused-ring (bicyclic) bond motifs is 5. The first-order valence-electron chi connectivity index (χ1n) is 13.2. The molecule has 6 nitrogen and oxygen atoms in total. The molecule has 6 atom stereocenters. The number of rotatable bonds is 6. The second-order valence-corrected chi connectivity index (χ2v) is 12.8. The number of anilines is 2. The second-order valence-electron chi connectivity index (χ2n) is 11.6. The molecule has 0 radical (unpaired) electrons. The Bertz CT molecular complexity index is 1100. The van der Waals surface area contributed by atoms with Crippen LogP contribution in [0.25, 0.3) is 0 Å². The molecule has 2 aromatic rings. The highest BCUT2D eigenvalue weighted by Gasteiger charge is 2.58. The first-order chi connectivity index (χ1) is 16.7. The van der Waals surface area contributed by atoms with E-state index in [0.29, 0.717) is 41.0 Å². The molecule has 0 aliphatic heterocycles. The van der Waals surface area contributed by atoms with Gasteiger partial charge >= 0.3 is 0 Å². The number of aliphatic hydroxyl groups is 1. The van der Waals surface area contributed by atoms with Crippen LogP contribution in [-0.2, 0) is 11.2 Å². The zero-order valence-electron chi connectivity index (χ0n) is 21.3. The van der Waals surface area contributed by atoms with Crippen molar-refractivity contribution in [1.29, 1.82) is 0 Å². The van der Waals surface area contributed by atoms with Gasteiger partial charge in [-0.1, -0.05) is 13.0 Å². The van der Waals surface area contributed by atoms with Crippen molar-refractivity contribution in [1.82, 2.24) is 4.98 Å². The fourth-order valence-corrected chi connectivity index (χ4v) is 8.25. The number of phenolic OH excluding ortho intramolecular Hbond substituents is 1. The highest BCUT2D eigenvalue weighted by molar-refractivity contribution is 7.15. The fraction of sp³-hybridized carbons (Fsp3) is 0.643. The van der Waals surface area contributed by atoms with Crippen molar-refractivity contribution in [3.63, 3.8) is 0 Å². The molecule has 2 saturated carbocycles. The molecule has 5 rings (SSSR count). The maximum Gasteiger partial charge on any atom is 0.226 e. The number of amides is 1. The molecule has 2 fully saturated rings. The molecule has 1 aromatic carbocycles. The summed E-state index contributed by atoms with van der Waals surface area (Å²) in [5, 5.41) is 28.8. The van der Waals surface area contributed by atoms with E-state index in [1.54, 1.807) is 6.20 Å². The Hall–Kier alpha value is -2.12. The number of hydrogen-bond donors (Lipinski definition) is 4. The lowest BCUT2D eigenvalue weighted by atomic mass is 9.53. The van der Waals surface area contributed by atoms with Crippen LogP contribution >= 0.6 is 11.3 Å². The smallest absolute Gasteiger partial charge is 0.226 e. The zero-order chi connectivity index (χ0) is 24.9. The number of phenols is 1. The average molecular weight is 498 g/mol. The maximum absolute atomic E-state index is 12.7. The Balaban J connectivity index is 1.36. The minimum atomic E-state index is -0.303. The SMILES string of the molecule is Cc1cnc(NC(=O)CCC2CC(O)C3(C)CCC4c5ccc(O)c(NC(C)C)c5CCC4C23)s1. The van der Waals surface area contributed by atoms with Gasteiger partial charge in [-0.3, -0.25) is 4.79 Å².